The standard InChI is InChI=1S/C21H34N4O4/c1-3-22-21(25-13-9-17(10-14-25)29-16-6-15-28-2)24-12-11-23-20(27)18-7-4-5-8-19(18)26/h4-5,7-8,17,26H,3,6,9-16H2,1-2H3,(H,22,24)(H,23,27). The second kappa shape index (κ2) is 13.0. The molecular formula is C21H34N4O4. The highest BCUT2D eigenvalue weighted by Gasteiger charge is 2.21. The molecule has 0 radical (unpaired) electrons. The summed E-state index contributed by atoms with van der Waals surface area (Å²) in [7, 11) is 1.71. The normalized spacial score (nSPS) is 15.4. The van der Waals surface area contributed by atoms with Crippen molar-refractivity contribution in [2.45, 2.75) is 32.3 Å². The number of likely N-dealkylation sites (tertiary alicyclic amines) is 1. The van der Waals surface area contributed by atoms with Crippen LogP contribution in [-0.2, 0) is 9.47 Å². The van der Waals surface area contributed by atoms with Crippen LogP contribution < -0.4 is 10.6 Å². The molecule has 1 fully saturated rings. The first kappa shape index (κ1) is 23.0. The van der Waals surface area contributed by atoms with E-state index < -0.39 is 0 Å². The molecule has 8 nitrogen and oxygen atoms in total. The van der Waals surface area contributed by atoms with Gasteiger partial charge in [-0.3, -0.25) is 9.79 Å². The average molecular weight is 407 g/mol. The van der Waals surface area contributed by atoms with Gasteiger partial charge in [0.05, 0.1) is 18.2 Å². The van der Waals surface area contributed by atoms with E-state index in [1.807, 2.05) is 6.92 Å². The number of phenols is 1. The number of phenolic OH excluding ortho intramolecular Hbond substituents is 1. The van der Waals surface area contributed by atoms with E-state index in [-0.39, 0.29) is 17.2 Å². The molecule has 29 heavy (non-hydrogen) atoms. The topological polar surface area (TPSA) is 95.4 Å². The average Bonchev–Trinajstić information content (AvgIpc) is 2.74. The van der Waals surface area contributed by atoms with E-state index >= 15 is 0 Å². The van der Waals surface area contributed by atoms with Crippen molar-refractivity contribution < 1.29 is 19.4 Å². The predicted molar refractivity (Wildman–Crippen MR) is 113 cm³/mol. The SMILES string of the molecule is CCNC(=NCCNC(=O)c1ccccc1O)N1CCC(OCCCOC)CC1. The number of ether oxygens (including phenoxy) is 2. The number of carbonyl (C=O) groups excluding carboxylic acids is 1. The third-order valence-corrected chi connectivity index (χ3v) is 4.73. The maximum Gasteiger partial charge on any atom is 0.255 e. The van der Waals surface area contributed by atoms with Gasteiger partial charge < -0.3 is 30.1 Å². The van der Waals surface area contributed by atoms with Gasteiger partial charge in [-0.2, -0.15) is 0 Å². The molecule has 162 valence electrons. The summed E-state index contributed by atoms with van der Waals surface area (Å²) in [6.07, 6.45) is 3.17. The maximum absolute atomic E-state index is 12.1. The van der Waals surface area contributed by atoms with Gasteiger partial charge in [-0.25, -0.2) is 0 Å². The first-order chi connectivity index (χ1) is 14.2. The van der Waals surface area contributed by atoms with Gasteiger partial charge >= 0.3 is 0 Å². The third kappa shape index (κ3) is 7.91. The zero-order valence-electron chi connectivity index (χ0n) is 17.5. The first-order valence-electron chi connectivity index (χ1n) is 10.4. The van der Waals surface area contributed by atoms with E-state index in [4.69, 9.17) is 9.47 Å². The molecule has 0 aliphatic carbocycles. The monoisotopic (exact) mass is 406 g/mol. The van der Waals surface area contributed by atoms with E-state index in [0.717, 1.165) is 58.1 Å². The van der Waals surface area contributed by atoms with Crippen molar-refractivity contribution in [3.63, 3.8) is 0 Å². The van der Waals surface area contributed by atoms with Crippen LogP contribution in [0.2, 0.25) is 0 Å². The van der Waals surface area contributed by atoms with Crippen LogP contribution in [-0.4, -0.2) is 81.0 Å². The molecule has 0 bridgehead atoms. The Hall–Kier alpha value is -2.32. The third-order valence-electron chi connectivity index (χ3n) is 4.73. The summed E-state index contributed by atoms with van der Waals surface area (Å²) >= 11 is 0. The number of aromatic hydroxyl groups is 1. The van der Waals surface area contributed by atoms with Crippen LogP contribution >= 0.6 is 0 Å². The molecule has 0 atom stereocenters. The predicted octanol–water partition coefficient (Wildman–Crippen LogP) is 1.60. The number of methoxy groups -OCH3 is 1. The zero-order chi connectivity index (χ0) is 20.9. The molecular weight excluding hydrogens is 372 g/mol. The number of nitrogens with zero attached hydrogens (tertiary/aromatic N) is 2. The first-order valence-corrected chi connectivity index (χ1v) is 10.4. The number of guanidine groups is 1. The fourth-order valence-corrected chi connectivity index (χ4v) is 3.21. The number of para-hydroxylation sites is 1. The zero-order valence-corrected chi connectivity index (χ0v) is 17.5. The highest BCUT2D eigenvalue weighted by atomic mass is 16.5. The Balaban J connectivity index is 1.75. The molecule has 0 saturated carbocycles. The number of rotatable bonds is 10. The Bertz CT molecular complexity index is 645. The Kier molecular flexibility index (Phi) is 10.3. The van der Waals surface area contributed by atoms with Crippen LogP contribution in [0.5, 0.6) is 5.75 Å². The van der Waals surface area contributed by atoms with Crippen molar-refractivity contribution in [3.05, 3.63) is 29.8 Å². The van der Waals surface area contributed by atoms with Crippen molar-refractivity contribution in [2.75, 3.05) is 53.0 Å². The molecule has 8 heteroatoms. The summed E-state index contributed by atoms with van der Waals surface area (Å²) < 4.78 is 11.0. The lowest BCUT2D eigenvalue weighted by molar-refractivity contribution is 0.00990. The number of hydrogen-bond donors (Lipinski definition) is 3. The number of carbonyl (C=O) groups is 1. The molecule has 2 rings (SSSR count). The molecule has 1 aliphatic heterocycles. The number of amides is 1. The summed E-state index contributed by atoms with van der Waals surface area (Å²) in [6, 6.07) is 6.51. The van der Waals surface area contributed by atoms with E-state index in [0.29, 0.717) is 19.2 Å². The van der Waals surface area contributed by atoms with Gasteiger partial charge in [0.15, 0.2) is 5.96 Å². The number of hydrogen-bond acceptors (Lipinski definition) is 5. The fourth-order valence-electron chi connectivity index (χ4n) is 3.21. The van der Waals surface area contributed by atoms with Crippen molar-refractivity contribution in [1.82, 2.24) is 15.5 Å². The molecule has 1 amide bonds. The number of piperidine rings is 1. The van der Waals surface area contributed by atoms with Crippen LogP contribution in [0.1, 0.15) is 36.5 Å². The van der Waals surface area contributed by atoms with Crippen molar-refractivity contribution in [1.29, 1.82) is 0 Å². The van der Waals surface area contributed by atoms with Gasteiger partial charge in [0.1, 0.15) is 5.75 Å². The summed E-state index contributed by atoms with van der Waals surface area (Å²) in [5.41, 5.74) is 0.274. The highest BCUT2D eigenvalue weighted by Crippen LogP contribution is 2.15. The largest absolute Gasteiger partial charge is 0.507 e. The Labute approximate surface area is 173 Å². The lowest BCUT2D eigenvalue weighted by atomic mass is 10.1. The minimum atomic E-state index is -0.297. The van der Waals surface area contributed by atoms with Crippen LogP contribution in [0.15, 0.2) is 29.3 Å². The van der Waals surface area contributed by atoms with Gasteiger partial charge in [0.2, 0.25) is 0 Å². The van der Waals surface area contributed by atoms with E-state index in [2.05, 4.69) is 20.5 Å². The molecule has 0 spiro atoms. The molecule has 1 saturated heterocycles. The van der Waals surface area contributed by atoms with Gasteiger partial charge in [0.25, 0.3) is 5.91 Å². The summed E-state index contributed by atoms with van der Waals surface area (Å²) in [5.74, 6) is 0.547. The molecule has 1 aliphatic rings. The lowest BCUT2D eigenvalue weighted by Gasteiger charge is -2.34. The van der Waals surface area contributed by atoms with Crippen molar-refractivity contribution in [2.24, 2.45) is 4.99 Å². The van der Waals surface area contributed by atoms with Gasteiger partial charge in [-0.05, 0) is 38.3 Å². The van der Waals surface area contributed by atoms with Gasteiger partial charge in [0, 0.05) is 46.5 Å². The molecule has 1 aromatic carbocycles. The summed E-state index contributed by atoms with van der Waals surface area (Å²) in [6.45, 7) is 6.96. The molecule has 0 unspecified atom stereocenters. The number of nitrogens with one attached hydrogen (secondary N) is 2. The highest BCUT2D eigenvalue weighted by molar-refractivity contribution is 5.96. The second-order valence-electron chi connectivity index (χ2n) is 6.91. The van der Waals surface area contributed by atoms with Crippen LogP contribution in [0, 0.1) is 0 Å². The van der Waals surface area contributed by atoms with Crippen molar-refractivity contribution in [3.8, 4) is 5.75 Å². The van der Waals surface area contributed by atoms with Crippen LogP contribution in [0.25, 0.3) is 0 Å². The quantitative estimate of drug-likeness (QED) is 0.310. The summed E-state index contributed by atoms with van der Waals surface area (Å²) in [5, 5.41) is 15.9. The van der Waals surface area contributed by atoms with Crippen molar-refractivity contribution >= 4 is 11.9 Å². The fraction of sp³-hybridized carbons (Fsp3) is 0.619. The number of benzene rings is 1. The van der Waals surface area contributed by atoms with Gasteiger partial charge in [-0.15, -0.1) is 0 Å². The maximum atomic E-state index is 12.1. The van der Waals surface area contributed by atoms with E-state index in [9.17, 15) is 9.90 Å². The second-order valence-corrected chi connectivity index (χ2v) is 6.91. The van der Waals surface area contributed by atoms with Crippen LogP contribution in [0.3, 0.4) is 0 Å². The van der Waals surface area contributed by atoms with Crippen LogP contribution in [0.4, 0.5) is 0 Å². The Morgan fingerprint density at radius 2 is 2.00 bits per heavy atom. The Morgan fingerprint density at radius 3 is 2.69 bits per heavy atom. The number of aliphatic imine (C=N–C) groups is 1. The lowest BCUT2D eigenvalue weighted by Crippen LogP contribution is -2.47. The molecule has 0 aromatic heterocycles. The van der Waals surface area contributed by atoms with Gasteiger partial charge in [-0.1, -0.05) is 12.1 Å². The minimum Gasteiger partial charge on any atom is -0.507 e. The summed E-state index contributed by atoms with van der Waals surface area (Å²) in [4.78, 5) is 19.0. The van der Waals surface area contributed by atoms with E-state index in [1.54, 1.807) is 25.3 Å². The smallest absolute Gasteiger partial charge is 0.255 e. The molecule has 3 N–H and O–H groups in total. The minimum absolute atomic E-state index is 0.0193. The Morgan fingerprint density at radius 1 is 1.24 bits per heavy atom. The molecule has 1 aromatic rings. The molecule has 1 heterocycles. The van der Waals surface area contributed by atoms with E-state index in [1.165, 1.54) is 6.07 Å².